The summed E-state index contributed by atoms with van der Waals surface area (Å²) in [4.78, 5) is 14.7. The van der Waals surface area contributed by atoms with Crippen molar-refractivity contribution in [3.8, 4) is 0 Å². The zero-order valence-corrected chi connectivity index (χ0v) is 15.1. The third-order valence-electron chi connectivity index (χ3n) is 4.84. The van der Waals surface area contributed by atoms with E-state index in [1.165, 1.54) is 0 Å². The number of nitrogens with one attached hydrogen (secondary N) is 1. The van der Waals surface area contributed by atoms with Gasteiger partial charge in [0.1, 0.15) is 0 Å². The second-order valence-corrected chi connectivity index (χ2v) is 6.15. The van der Waals surface area contributed by atoms with Gasteiger partial charge in [0.15, 0.2) is 0 Å². The fraction of sp³-hybridized carbons (Fsp3) is 0.933. The maximum atomic E-state index is 12.3. The first-order chi connectivity index (χ1) is 9.74. The van der Waals surface area contributed by atoms with Crippen LogP contribution in [0.5, 0.6) is 0 Å². The second kappa shape index (κ2) is 11.5. The molecule has 1 aliphatic heterocycles. The van der Waals surface area contributed by atoms with E-state index in [9.17, 15) is 4.79 Å². The van der Waals surface area contributed by atoms with Gasteiger partial charge >= 0.3 is 0 Å². The monoisotopic (exact) mass is 355 g/mol. The van der Waals surface area contributed by atoms with Gasteiger partial charge in [0, 0.05) is 38.7 Å². The predicted molar refractivity (Wildman–Crippen MR) is 93.9 cm³/mol. The van der Waals surface area contributed by atoms with Gasteiger partial charge in [-0.05, 0) is 38.1 Å². The molecule has 0 aromatic heterocycles. The zero-order valence-electron chi connectivity index (χ0n) is 13.5. The molecule has 132 valence electrons. The van der Waals surface area contributed by atoms with Gasteiger partial charge < -0.3 is 20.7 Å². The van der Waals surface area contributed by atoms with Crippen molar-refractivity contribution in [3.63, 3.8) is 0 Å². The van der Waals surface area contributed by atoms with Crippen LogP contribution in [0.4, 0.5) is 0 Å². The van der Waals surface area contributed by atoms with E-state index in [0.29, 0.717) is 18.5 Å². The van der Waals surface area contributed by atoms with Crippen molar-refractivity contribution in [2.24, 2.45) is 17.6 Å². The fourth-order valence-electron chi connectivity index (χ4n) is 3.49. The Balaban J connectivity index is 0.00000220. The SMILES string of the molecule is COCCN1CCC(NC(=O)[C@@H]2CCC[C@@H]2CN)CC1.Cl.Cl. The third-order valence-corrected chi connectivity index (χ3v) is 4.84. The summed E-state index contributed by atoms with van der Waals surface area (Å²) in [6.45, 7) is 4.54. The van der Waals surface area contributed by atoms with Gasteiger partial charge in [-0.3, -0.25) is 4.79 Å². The molecule has 1 heterocycles. The molecule has 22 heavy (non-hydrogen) atoms. The molecule has 2 aliphatic rings. The summed E-state index contributed by atoms with van der Waals surface area (Å²) in [5.74, 6) is 0.802. The molecule has 2 fully saturated rings. The molecule has 1 saturated carbocycles. The Hall–Kier alpha value is -0.0700. The highest BCUT2D eigenvalue weighted by Crippen LogP contribution is 2.31. The average molecular weight is 356 g/mol. The highest BCUT2D eigenvalue weighted by Gasteiger charge is 2.33. The van der Waals surface area contributed by atoms with Crippen molar-refractivity contribution in [1.82, 2.24) is 10.2 Å². The van der Waals surface area contributed by atoms with Crippen LogP contribution >= 0.6 is 24.8 Å². The number of carbonyl (C=O) groups is 1. The van der Waals surface area contributed by atoms with Crippen LogP contribution in [0.15, 0.2) is 0 Å². The Bertz CT molecular complexity index is 313. The smallest absolute Gasteiger partial charge is 0.223 e. The lowest BCUT2D eigenvalue weighted by Gasteiger charge is -2.33. The van der Waals surface area contributed by atoms with Gasteiger partial charge in [0.05, 0.1) is 6.61 Å². The van der Waals surface area contributed by atoms with E-state index in [4.69, 9.17) is 10.5 Å². The number of methoxy groups -OCH3 is 1. The van der Waals surface area contributed by atoms with Crippen LogP contribution in [-0.4, -0.2) is 56.7 Å². The standard InChI is InChI=1S/C15H29N3O2.2ClH/c1-20-10-9-18-7-5-13(6-8-18)17-15(19)14-4-2-3-12(14)11-16;;/h12-14H,2-11,16H2,1H3,(H,17,19);2*1H/t12-,14-;;/m1../s1. The van der Waals surface area contributed by atoms with E-state index in [0.717, 1.165) is 58.3 Å². The molecule has 1 amide bonds. The molecule has 0 radical (unpaired) electrons. The first-order valence-corrected chi connectivity index (χ1v) is 7.96. The van der Waals surface area contributed by atoms with Crippen molar-refractivity contribution in [3.05, 3.63) is 0 Å². The highest BCUT2D eigenvalue weighted by atomic mass is 35.5. The Kier molecular flexibility index (Phi) is 11.4. The number of amides is 1. The fourth-order valence-corrected chi connectivity index (χ4v) is 3.49. The topological polar surface area (TPSA) is 67.6 Å². The molecule has 1 saturated heterocycles. The Morgan fingerprint density at radius 2 is 1.91 bits per heavy atom. The number of ether oxygens (including phenoxy) is 1. The van der Waals surface area contributed by atoms with E-state index in [1.807, 2.05) is 0 Å². The number of halogens is 2. The van der Waals surface area contributed by atoms with Crippen molar-refractivity contribution in [2.75, 3.05) is 39.9 Å². The van der Waals surface area contributed by atoms with Gasteiger partial charge in [-0.15, -0.1) is 24.8 Å². The Labute approximate surface area is 146 Å². The number of likely N-dealkylation sites (tertiary alicyclic amines) is 1. The molecule has 0 aromatic carbocycles. The van der Waals surface area contributed by atoms with Gasteiger partial charge in [-0.2, -0.15) is 0 Å². The summed E-state index contributed by atoms with van der Waals surface area (Å²) in [5.41, 5.74) is 5.76. The summed E-state index contributed by atoms with van der Waals surface area (Å²) in [5, 5.41) is 3.25. The van der Waals surface area contributed by atoms with Gasteiger partial charge in [-0.25, -0.2) is 0 Å². The minimum atomic E-state index is 0. The summed E-state index contributed by atoms with van der Waals surface area (Å²) in [6, 6.07) is 0.348. The van der Waals surface area contributed by atoms with Gasteiger partial charge in [0.2, 0.25) is 5.91 Å². The van der Waals surface area contributed by atoms with Crippen LogP contribution in [0.3, 0.4) is 0 Å². The van der Waals surface area contributed by atoms with Crippen LogP contribution in [-0.2, 0) is 9.53 Å². The summed E-state index contributed by atoms with van der Waals surface area (Å²) in [6.07, 6.45) is 5.38. The van der Waals surface area contributed by atoms with Crippen molar-refractivity contribution in [2.45, 2.75) is 38.1 Å². The van der Waals surface area contributed by atoms with Gasteiger partial charge in [0.25, 0.3) is 0 Å². The lowest BCUT2D eigenvalue weighted by molar-refractivity contribution is -0.127. The molecule has 2 rings (SSSR count). The molecular formula is C15H31Cl2N3O2. The molecule has 2 atom stereocenters. The van der Waals surface area contributed by atoms with Crippen LogP contribution in [0.1, 0.15) is 32.1 Å². The number of nitrogens with zero attached hydrogens (tertiary/aromatic N) is 1. The average Bonchev–Trinajstić information content (AvgIpc) is 2.95. The maximum Gasteiger partial charge on any atom is 0.223 e. The number of rotatable bonds is 6. The quantitative estimate of drug-likeness (QED) is 0.756. The summed E-state index contributed by atoms with van der Waals surface area (Å²) < 4.78 is 5.10. The van der Waals surface area contributed by atoms with Crippen LogP contribution < -0.4 is 11.1 Å². The van der Waals surface area contributed by atoms with Crippen LogP contribution in [0, 0.1) is 11.8 Å². The van der Waals surface area contributed by atoms with Crippen LogP contribution in [0.2, 0.25) is 0 Å². The highest BCUT2D eigenvalue weighted by molar-refractivity contribution is 5.85. The molecule has 5 nitrogen and oxygen atoms in total. The number of hydrogen-bond donors (Lipinski definition) is 2. The maximum absolute atomic E-state index is 12.3. The van der Waals surface area contributed by atoms with Crippen molar-refractivity contribution in [1.29, 1.82) is 0 Å². The van der Waals surface area contributed by atoms with E-state index >= 15 is 0 Å². The molecule has 1 aliphatic carbocycles. The molecule has 7 heteroatoms. The Morgan fingerprint density at radius 3 is 2.50 bits per heavy atom. The molecule has 0 bridgehead atoms. The van der Waals surface area contributed by atoms with Crippen LogP contribution in [0.25, 0.3) is 0 Å². The lowest BCUT2D eigenvalue weighted by Crippen LogP contribution is -2.47. The van der Waals surface area contributed by atoms with E-state index in [1.54, 1.807) is 7.11 Å². The minimum Gasteiger partial charge on any atom is -0.383 e. The number of carbonyl (C=O) groups excluding carboxylic acids is 1. The minimum absolute atomic E-state index is 0. The molecule has 0 spiro atoms. The zero-order chi connectivity index (χ0) is 14.4. The van der Waals surface area contributed by atoms with E-state index in [-0.39, 0.29) is 36.6 Å². The molecule has 0 aromatic rings. The van der Waals surface area contributed by atoms with E-state index in [2.05, 4.69) is 10.2 Å². The van der Waals surface area contributed by atoms with E-state index < -0.39 is 0 Å². The molecule has 0 unspecified atom stereocenters. The third kappa shape index (κ3) is 6.20. The summed E-state index contributed by atoms with van der Waals surface area (Å²) >= 11 is 0. The predicted octanol–water partition coefficient (Wildman–Crippen LogP) is 1.43. The number of hydrogen-bond acceptors (Lipinski definition) is 4. The Morgan fingerprint density at radius 1 is 1.23 bits per heavy atom. The first kappa shape index (κ1) is 21.9. The number of piperidine rings is 1. The number of nitrogens with two attached hydrogens (primary N) is 1. The first-order valence-electron chi connectivity index (χ1n) is 7.96. The second-order valence-electron chi connectivity index (χ2n) is 6.15. The summed E-state index contributed by atoms with van der Waals surface area (Å²) in [7, 11) is 1.74. The van der Waals surface area contributed by atoms with Crippen molar-refractivity contribution < 1.29 is 9.53 Å². The molecule has 3 N–H and O–H groups in total. The van der Waals surface area contributed by atoms with Gasteiger partial charge in [-0.1, -0.05) is 6.42 Å². The normalized spacial score (nSPS) is 26.1. The van der Waals surface area contributed by atoms with Crippen molar-refractivity contribution >= 4 is 30.7 Å². The largest absolute Gasteiger partial charge is 0.383 e. The lowest BCUT2D eigenvalue weighted by atomic mass is 9.94. The molecular weight excluding hydrogens is 325 g/mol.